The third-order valence-corrected chi connectivity index (χ3v) is 4.76. The van der Waals surface area contributed by atoms with Gasteiger partial charge in [0.05, 0.1) is 16.4 Å². The molecular weight excluding hydrogens is 360 g/mol. The van der Waals surface area contributed by atoms with Gasteiger partial charge in [-0.3, -0.25) is 9.48 Å². The highest BCUT2D eigenvalue weighted by Crippen LogP contribution is 2.24. The van der Waals surface area contributed by atoms with Crippen molar-refractivity contribution in [1.82, 2.24) is 15.1 Å². The quantitative estimate of drug-likeness (QED) is 0.660. The maximum absolute atomic E-state index is 12.5. The van der Waals surface area contributed by atoms with Gasteiger partial charge in [0.25, 0.3) is 5.91 Å². The van der Waals surface area contributed by atoms with E-state index in [1.54, 1.807) is 23.9 Å². The van der Waals surface area contributed by atoms with Crippen molar-refractivity contribution in [2.24, 2.45) is 7.05 Å². The first-order valence-corrected chi connectivity index (χ1v) is 9.20. The van der Waals surface area contributed by atoms with Crippen LogP contribution in [0.1, 0.15) is 40.3 Å². The second kappa shape index (κ2) is 8.37. The summed E-state index contributed by atoms with van der Waals surface area (Å²) in [7, 11) is 1.74. The molecular formula is C21H23ClN4O. The van der Waals surface area contributed by atoms with Crippen LogP contribution in [0, 0.1) is 6.92 Å². The summed E-state index contributed by atoms with van der Waals surface area (Å²) in [6.45, 7) is 4.64. The molecule has 0 unspecified atom stereocenters. The highest BCUT2D eigenvalue weighted by molar-refractivity contribution is 6.33. The van der Waals surface area contributed by atoms with Crippen LogP contribution in [-0.4, -0.2) is 15.7 Å². The van der Waals surface area contributed by atoms with Crippen molar-refractivity contribution in [3.8, 4) is 0 Å². The highest BCUT2D eigenvalue weighted by atomic mass is 35.5. The van der Waals surface area contributed by atoms with Gasteiger partial charge in [-0.15, -0.1) is 0 Å². The van der Waals surface area contributed by atoms with E-state index in [2.05, 4.69) is 34.8 Å². The number of aromatic nitrogens is 2. The predicted molar refractivity (Wildman–Crippen MR) is 109 cm³/mol. The first kappa shape index (κ1) is 19.1. The van der Waals surface area contributed by atoms with Gasteiger partial charge in [0.1, 0.15) is 5.69 Å². The Hall–Kier alpha value is -2.63. The Morgan fingerprint density at radius 3 is 2.59 bits per heavy atom. The maximum atomic E-state index is 12.5. The molecule has 0 aliphatic rings. The van der Waals surface area contributed by atoms with Gasteiger partial charge in [-0.05, 0) is 43.2 Å². The molecule has 1 heterocycles. The Balaban J connectivity index is 1.69. The minimum atomic E-state index is -0.234. The third kappa shape index (κ3) is 4.76. The van der Waals surface area contributed by atoms with Gasteiger partial charge in [-0.2, -0.15) is 5.10 Å². The fraction of sp³-hybridized carbons (Fsp3) is 0.238. The monoisotopic (exact) mass is 382 g/mol. The molecule has 1 atom stereocenters. The lowest BCUT2D eigenvalue weighted by Crippen LogP contribution is -2.19. The Labute approximate surface area is 164 Å². The molecule has 0 aliphatic carbocycles. The number of carbonyl (C=O) groups is 1. The van der Waals surface area contributed by atoms with Crippen molar-refractivity contribution in [1.29, 1.82) is 0 Å². The number of anilines is 1. The number of nitrogens with zero attached hydrogens (tertiary/aromatic N) is 2. The number of halogens is 1. The fourth-order valence-corrected chi connectivity index (χ4v) is 3.08. The molecule has 2 N–H and O–H groups in total. The maximum Gasteiger partial charge on any atom is 0.273 e. The minimum absolute atomic E-state index is 0.220. The molecule has 1 amide bonds. The van der Waals surface area contributed by atoms with Crippen LogP contribution in [-0.2, 0) is 13.6 Å². The van der Waals surface area contributed by atoms with Gasteiger partial charge in [0, 0.05) is 19.6 Å². The smallest absolute Gasteiger partial charge is 0.273 e. The summed E-state index contributed by atoms with van der Waals surface area (Å²) in [5, 5.41) is 11.1. The molecule has 140 valence electrons. The van der Waals surface area contributed by atoms with Crippen LogP contribution >= 0.6 is 11.6 Å². The van der Waals surface area contributed by atoms with E-state index in [9.17, 15) is 4.79 Å². The Kier molecular flexibility index (Phi) is 5.94. The van der Waals surface area contributed by atoms with Crippen LogP contribution in [0.25, 0.3) is 0 Å². The summed E-state index contributed by atoms with van der Waals surface area (Å²) in [5.41, 5.74) is 4.14. The van der Waals surface area contributed by atoms with Crippen LogP contribution in [0.5, 0.6) is 0 Å². The molecule has 0 bridgehead atoms. The Morgan fingerprint density at radius 1 is 1.19 bits per heavy atom. The minimum Gasteiger partial charge on any atom is -0.319 e. The van der Waals surface area contributed by atoms with Crippen LogP contribution in [0.3, 0.4) is 0 Å². The molecule has 0 saturated carbocycles. The summed E-state index contributed by atoms with van der Waals surface area (Å²) < 4.78 is 1.56. The number of rotatable bonds is 6. The van der Waals surface area contributed by atoms with E-state index in [1.165, 1.54) is 5.56 Å². The SMILES string of the molecule is Cc1cc(C(=O)Nc2cc(CN[C@H](C)c3ccccc3)ccc2Cl)n(C)n1. The molecule has 2 aromatic carbocycles. The normalized spacial score (nSPS) is 12.0. The van der Waals surface area contributed by atoms with Gasteiger partial charge in [0.2, 0.25) is 0 Å². The van der Waals surface area contributed by atoms with Crippen molar-refractivity contribution in [3.05, 3.63) is 82.1 Å². The predicted octanol–water partition coefficient (Wildman–Crippen LogP) is 4.49. The summed E-state index contributed by atoms with van der Waals surface area (Å²) in [6, 6.07) is 17.9. The lowest BCUT2D eigenvalue weighted by atomic mass is 10.1. The first-order chi connectivity index (χ1) is 12.9. The van der Waals surface area contributed by atoms with Gasteiger partial charge in [0.15, 0.2) is 0 Å². The van der Waals surface area contributed by atoms with E-state index in [0.717, 1.165) is 11.3 Å². The molecule has 1 aromatic heterocycles. The number of carbonyl (C=O) groups excluding carboxylic acids is 1. The summed E-state index contributed by atoms with van der Waals surface area (Å²) in [6.07, 6.45) is 0. The number of amides is 1. The molecule has 0 aliphatic heterocycles. The van der Waals surface area contributed by atoms with Gasteiger partial charge in [-0.25, -0.2) is 0 Å². The van der Waals surface area contributed by atoms with Crippen molar-refractivity contribution >= 4 is 23.2 Å². The molecule has 27 heavy (non-hydrogen) atoms. The second-order valence-electron chi connectivity index (χ2n) is 6.58. The van der Waals surface area contributed by atoms with E-state index in [1.807, 2.05) is 37.3 Å². The molecule has 0 fully saturated rings. The number of aryl methyl sites for hydroxylation is 2. The van der Waals surface area contributed by atoms with Crippen LogP contribution in [0.15, 0.2) is 54.6 Å². The topological polar surface area (TPSA) is 59.0 Å². The van der Waals surface area contributed by atoms with E-state index < -0.39 is 0 Å². The lowest BCUT2D eigenvalue weighted by molar-refractivity contribution is 0.101. The van der Waals surface area contributed by atoms with Crippen molar-refractivity contribution < 1.29 is 4.79 Å². The van der Waals surface area contributed by atoms with Crippen molar-refractivity contribution in [3.63, 3.8) is 0 Å². The third-order valence-electron chi connectivity index (χ3n) is 4.43. The fourth-order valence-electron chi connectivity index (χ4n) is 2.92. The summed E-state index contributed by atoms with van der Waals surface area (Å²) in [5.74, 6) is -0.234. The molecule has 0 spiro atoms. The van der Waals surface area contributed by atoms with E-state index in [0.29, 0.717) is 22.9 Å². The largest absolute Gasteiger partial charge is 0.319 e. The van der Waals surface area contributed by atoms with Gasteiger partial charge in [-0.1, -0.05) is 48.0 Å². The second-order valence-corrected chi connectivity index (χ2v) is 6.98. The molecule has 6 heteroatoms. The summed E-state index contributed by atoms with van der Waals surface area (Å²) in [4.78, 5) is 12.5. The van der Waals surface area contributed by atoms with E-state index in [4.69, 9.17) is 11.6 Å². The zero-order chi connectivity index (χ0) is 19.4. The van der Waals surface area contributed by atoms with Crippen LogP contribution in [0.2, 0.25) is 5.02 Å². The average molecular weight is 383 g/mol. The standard InChI is InChI=1S/C21H23ClN4O/c1-14-11-20(26(3)25-14)21(27)24-19-12-16(9-10-18(19)22)13-23-15(2)17-7-5-4-6-8-17/h4-12,15,23H,13H2,1-3H3,(H,24,27)/t15-/m1/s1. The zero-order valence-electron chi connectivity index (χ0n) is 15.7. The average Bonchev–Trinajstić information content (AvgIpc) is 3.01. The zero-order valence-corrected chi connectivity index (χ0v) is 16.4. The van der Waals surface area contributed by atoms with Crippen LogP contribution < -0.4 is 10.6 Å². The van der Waals surface area contributed by atoms with Gasteiger partial charge >= 0.3 is 0 Å². The lowest BCUT2D eigenvalue weighted by Gasteiger charge is -2.15. The number of hydrogen-bond acceptors (Lipinski definition) is 3. The Bertz CT molecular complexity index is 937. The number of benzene rings is 2. The molecule has 3 aromatic rings. The molecule has 3 rings (SSSR count). The van der Waals surface area contributed by atoms with E-state index in [-0.39, 0.29) is 11.9 Å². The molecule has 0 radical (unpaired) electrons. The number of hydrogen-bond donors (Lipinski definition) is 2. The van der Waals surface area contributed by atoms with Crippen molar-refractivity contribution in [2.45, 2.75) is 26.4 Å². The first-order valence-electron chi connectivity index (χ1n) is 8.83. The number of nitrogens with one attached hydrogen (secondary N) is 2. The highest BCUT2D eigenvalue weighted by Gasteiger charge is 2.14. The Morgan fingerprint density at radius 2 is 1.93 bits per heavy atom. The van der Waals surface area contributed by atoms with E-state index >= 15 is 0 Å². The molecule has 0 saturated heterocycles. The molecule has 5 nitrogen and oxygen atoms in total. The van der Waals surface area contributed by atoms with Gasteiger partial charge < -0.3 is 10.6 Å². The van der Waals surface area contributed by atoms with Crippen molar-refractivity contribution in [2.75, 3.05) is 5.32 Å². The summed E-state index contributed by atoms with van der Waals surface area (Å²) >= 11 is 6.27. The van der Waals surface area contributed by atoms with Crippen LogP contribution in [0.4, 0.5) is 5.69 Å².